The summed E-state index contributed by atoms with van der Waals surface area (Å²) in [5.74, 6) is 0. The topological polar surface area (TPSA) is 35.6 Å². The van der Waals surface area contributed by atoms with Gasteiger partial charge in [0, 0.05) is 29.3 Å². The van der Waals surface area contributed by atoms with Crippen LogP contribution in [0.4, 0.5) is 10.5 Å². The van der Waals surface area contributed by atoms with E-state index in [-0.39, 0.29) is 6.03 Å². The number of likely N-dealkylation sites (tertiary alicyclic amines) is 2. The molecule has 1 aromatic rings. The van der Waals surface area contributed by atoms with E-state index in [9.17, 15) is 4.79 Å². The molecule has 0 spiro atoms. The number of carbonyl (C=O) groups excluding carboxylic acids is 1. The Hall–Kier alpha value is -1.20. The van der Waals surface area contributed by atoms with Crippen molar-refractivity contribution >= 4 is 23.5 Å². The molecule has 2 saturated heterocycles. The van der Waals surface area contributed by atoms with Gasteiger partial charge in [0.05, 0.1) is 5.69 Å². The van der Waals surface area contributed by atoms with Crippen molar-refractivity contribution in [1.82, 2.24) is 9.80 Å². The van der Waals surface area contributed by atoms with Crippen LogP contribution < -0.4 is 5.32 Å². The Balaban J connectivity index is 1.38. The minimum atomic E-state index is 0.0772. The van der Waals surface area contributed by atoms with Crippen LogP contribution >= 0.6 is 11.8 Å². The molecule has 1 N–H and O–H groups in total. The molecule has 3 aliphatic rings. The van der Waals surface area contributed by atoms with Gasteiger partial charge < -0.3 is 10.2 Å². The van der Waals surface area contributed by atoms with Gasteiger partial charge >= 0.3 is 6.03 Å². The van der Waals surface area contributed by atoms with Gasteiger partial charge in [-0.05, 0) is 63.7 Å². The smallest absolute Gasteiger partial charge is 0.321 e. The number of piperidine rings is 1. The second-order valence-corrected chi connectivity index (χ2v) is 9.28. The van der Waals surface area contributed by atoms with Crippen LogP contribution in [-0.2, 0) is 0 Å². The van der Waals surface area contributed by atoms with Gasteiger partial charge in [0.25, 0.3) is 0 Å². The lowest BCUT2D eigenvalue weighted by molar-refractivity contribution is 0.131. The van der Waals surface area contributed by atoms with Gasteiger partial charge in [0.2, 0.25) is 0 Å². The zero-order valence-electron chi connectivity index (χ0n) is 15.7. The fraction of sp³-hybridized carbons (Fsp3) is 0.667. The maximum atomic E-state index is 12.9. The van der Waals surface area contributed by atoms with Crippen molar-refractivity contribution < 1.29 is 4.79 Å². The van der Waals surface area contributed by atoms with E-state index in [0.717, 1.165) is 25.2 Å². The number of amides is 2. The third kappa shape index (κ3) is 4.37. The molecule has 1 aliphatic carbocycles. The van der Waals surface area contributed by atoms with Gasteiger partial charge in [-0.15, -0.1) is 11.8 Å². The Morgan fingerprint density at radius 3 is 2.54 bits per heavy atom. The third-order valence-electron chi connectivity index (χ3n) is 6.07. The number of carbonyl (C=O) groups is 1. The maximum absolute atomic E-state index is 12.9. The molecule has 1 saturated carbocycles. The maximum Gasteiger partial charge on any atom is 0.321 e. The first kappa shape index (κ1) is 18.2. The van der Waals surface area contributed by atoms with Gasteiger partial charge in [-0.3, -0.25) is 4.90 Å². The van der Waals surface area contributed by atoms with E-state index in [4.69, 9.17) is 0 Å². The zero-order chi connectivity index (χ0) is 17.8. The largest absolute Gasteiger partial charge is 0.323 e. The lowest BCUT2D eigenvalue weighted by Gasteiger charge is -2.37. The molecule has 2 heterocycles. The third-order valence-corrected chi connectivity index (χ3v) is 7.48. The monoisotopic (exact) mass is 373 g/mol. The van der Waals surface area contributed by atoms with Crippen molar-refractivity contribution in [2.75, 3.05) is 31.5 Å². The van der Waals surface area contributed by atoms with Gasteiger partial charge in [-0.25, -0.2) is 4.79 Å². The van der Waals surface area contributed by atoms with E-state index < -0.39 is 0 Å². The number of benzene rings is 1. The standard InChI is InChI=1S/C21H31N3OS/c25-21(24-15-7-8-17(16-24)23-13-5-6-14-23)22-19-11-3-4-12-20(19)26-18-9-1-2-10-18/h3-4,11-12,17-18H,1-2,5-10,13-16H2,(H,22,25)/t17-/m0/s1. The first-order chi connectivity index (χ1) is 12.8. The van der Waals surface area contributed by atoms with Gasteiger partial charge in [-0.2, -0.15) is 0 Å². The number of nitrogens with zero attached hydrogens (tertiary/aromatic N) is 2. The van der Waals surface area contributed by atoms with E-state index in [0.29, 0.717) is 11.3 Å². The van der Waals surface area contributed by atoms with Gasteiger partial charge in [0.15, 0.2) is 0 Å². The summed E-state index contributed by atoms with van der Waals surface area (Å²) in [5, 5.41) is 3.92. The second-order valence-electron chi connectivity index (χ2n) is 7.94. The van der Waals surface area contributed by atoms with Crippen molar-refractivity contribution in [2.45, 2.75) is 67.6 Å². The van der Waals surface area contributed by atoms with E-state index >= 15 is 0 Å². The molecular weight excluding hydrogens is 342 g/mol. The van der Waals surface area contributed by atoms with Crippen LogP contribution in [0.5, 0.6) is 0 Å². The predicted octanol–water partition coefficient (Wildman–Crippen LogP) is 4.81. The highest BCUT2D eigenvalue weighted by Gasteiger charge is 2.29. The number of anilines is 1. The molecule has 0 unspecified atom stereocenters. The van der Waals surface area contributed by atoms with E-state index in [1.165, 1.54) is 62.9 Å². The summed E-state index contributed by atoms with van der Waals surface area (Å²) >= 11 is 1.95. The van der Waals surface area contributed by atoms with Crippen LogP contribution in [0.1, 0.15) is 51.4 Å². The number of nitrogens with one attached hydrogen (secondary N) is 1. The molecule has 2 aliphatic heterocycles. The van der Waals surface area contributed by atoms with Crippen molar-refractivity contribution in [2.24, 2.45) is 0 Å². The molecule has 26 heavy (non-hydrogen) atoms. The summed E-state index contributed by atoms with van der Waals surface area (Å²) in [7, 11) is 0. The Bertz CT molecular complexity index is 611. The van der Waals surface area contributed by atoms with Crippen LogP contribution in [-0.4, -0.2) is 53.3 Å². The molecule has 0 radical (unpaired) electrons. The van der Waals surface area contributed by atoms with Gasteiger partial charge in [0.1, 0.15) is 0 Å². The fourth-order valence-corrected chi connectivity index (χ4v) is 5.93. The Morgan fingerprint density at radius 1 is 0.962 bits per heavy atom. The number of hydrogen-bond donors (Lipinski definition) is 1. The van der Waals surface area contributed by atoms with Crippen molar-refractivity contribution in [3.8, 4) is 0 Å². The molecule has 4 nitrogen and oxygen atoms in total. The van der Waals surface area contributed by atoms with Gasteiger partial charge in [-0.1, -0.05) is 25.0 Å². The number of rotatable bonds is 4. The lowest BCUT2D eigenvalue weighted by Crippen LogP contribution is -2.50. The minimum Gasteiger partial charge on any atom is -0.323 e. The van der Waals surface area contributed by atoms with E-state index in [1.807, 2.05) is 22.7 Å². The molecule has 0 bridgehead atoms. The summed E-state index contributed by atoms with van der Waals surface area (Å²) in [6.07, 6.45) is 10.3. The summed E-state index contributed by atoms with van der Waals surface area (Å²) in [5.41, 5.74) is 0.984. The Kier molecular flexibility index (Phi) is 6.05. The van der Waals surface area contributed by atoms with Crippen LogP contribution in [0.15, 0.2) is 29.2 Å². The predicted molar refractivity (Wildman–Crippen MR) is 109 cm³/mol. The van der Waals surface area contributed by atoms with Crippen LogP contribution in [0.25, 0.3) is 0 Å². The molecular formula is C21H31N3OS. The molecule has 3 fully saturated rings. The van der Waals surface area contributed by atoms with Crippen LogP contribution in [0.2, 0.25) is 0 Å². The summed E-state index contributed by atoms with van der Waals surface area (Å²) < 4.78 is 0. The SMILES string of the molecule is O=C(Nc1ccccc1SC1CCCC1)N1CCC[C@H](N2CCCC2)C1. The summed E-state index contributed by atoms with van der Waals surface area (Å²) in [6.45, 7) is 4.18. The van der Waals surface area contributed by atoms with Crippen LogP contribution in [0, 0.1) is 0 Å². The second kappa shape index (κ2) is 8.66. The average molecular weight is 374 g/mol. The molecule has 2 amide bonds. The Labute approximate surface area is 161 Å². The molecule has 5 heteroatoms. The highest BCUT2D eigenvalue weighted by Crippen LogP contribution is 2.38. The first-order valence-corrected chi connectivity index (χ1v) is 11.2. The average Bonchev–Trinajstić information content (AvgIpc) is 3.37. The van der Waals surface area contributed by atoms with Crippen molar-refractivity contribution in [3.05, 3.63) is 24.3 Å². The number of hydrogen-bond acceptors (Lipinski definition) is 3. The molecule has 142 valence electrons. The number of urea groups is 1. The quantitative estimate of drug-likeness (QED) is 0.822. The molecule has 1 aromatic carbocycles. The zero-order valence-corrected chi connectivity index (χ0v) is 16.5. The summed E-state index contributed by atoms with van der Waals surface area (Å²) in [6, 6.07) is 8.95. The fourth-order valence-electron chi connectivity index (χ4n) is 4.60. The Morgan fingerprint density at radius 2 is 1.73 bits per heavy atom. The number of para-hydroxylation sites is 1. The summed E-state index contributed by atoms with van der Waals surface area (Å²) in [4.78, 5) is 18.7. The molecule has 1 atom stereocenters. The van der Waals surface area contributed by atoms with Crippen molar-refractivity contribution in [3.63, 3.8) is 0 Å². The first-order valence-electron chi connectivity index (χ1n) is 10.4. The lowest BCUT2D eigenvalue weighted by atomic mass is 10.0. The highest BCUT2D eigenvalue weighted by atomic mass is 32.2. The molecule has 0 aromatic heterocycles. The molecule has 4 rings (SSSR count). The number of thioether (sulfide) groups is 1. The normalized spacial score (nSPS) is 24.9. The van der Waals surface area contributed by atoms with E-state index in [1.54, 1.807) is 0 Å². The highest BCUT2D eigenvalue weighted by molar-refractivity contribution is 8.00. The minimum absolute atomic E-state index is 0.0772. The van der Waals surface area contributed by atoms with E-state index in [2.05, 4.69) is 28.4 Å². The van der Waals surface area contributed by atoms with Crippen LogP contribution in [0.3, 0.4) is 0 Å². The van der Waals surface area contributed by atoms with Crippen molar-refractivity contribution in [1.29, 1.82) is 0 Å².